The third-order valence-corrected chi connectivity index (χ3v) is 6.23. The summed E-state index contributed by atoms with van der Waals surface area (Å²) in [6.07, 6.45) is 1.75. The van der Waals surface area contributed by atoms with Crippen molar-refractivity contribution < 1.29 is 28.5 Å². The summed E-state index contributed by atoms with van der Waals surface area (Å²) in [5.74, 6) is 3.58. The molecule has 7 heteroatoms. The highest BCUT2D eigenvalue weighted by atomic mass is 16.5. The van der Waals surface area contributed by atoms with Gasteiger partial charge in [-0.1, -0.05) is 18.2 Å². The van der Waals surface area contributed by atoms with Gasteiger partial charge in [0.25, 0.3) is 0 Å². The van der Waals surface area contributed by atoms with E-state index in [4.69, 9.17) is 23.7 Å². The quantitative estimate of drug-likeness (QED) is 0.467. The van der Waals surface area contributed by atoms with E-state index in [9.17, 15) is 4.79 Å². The van der Waals surface area contributed by atoms with Crippen LogP contribution in [0.1, 0.15) is 32.6 Å². The van der Waals surface area contributed by atoms with Gasteiger partial charge in [-0.25, -0.2) is 0 Å². The summed E-state index contributed by atoms with van der Waals surface area (Å²) in [4.78, 5) is 15.4. The minimum absolute atomic E-state index is 0.125. The molecular formula is C28H27NO6. The fourth-order valence-electron chi connectivity index (χ4n) is 4.50. The first-order chi connectivity index (χ1) is 17.0. The van der Waals surface area contributed by atoms with Crippen LogP contribution in [0.3, 0.4) is 0 Å². The smallest absolute Gasteiger partial charge is 0.232 e. The molecule has 3 aromatic rings. The molecule has 0 bridgehead atoms. The van der Waals surface area contributed by atoms with Crippen molar-refractivity contribution in [3.63, 3.8) is 0 Å². The van der Waals surface area contributed by atoms with Crippen LogP contribution in [-0.2, 0) is 13.1 Å². The second-order valence-electron chi connectivity index (χ2n) is 8.54. The minimum atomic E-state index is -0.125. The van der Waals surface area contributed by atoms with Crippen molar-refractivity contribution in [2.75, 3.05) is 28.1 Å². The third kappa shape index (κ3) is 4.31. The predicted octanol–water partition coefficient (Wildman–Crippen LogP) is 4.99. The third-order valence-electron chi connectivity index (χ3n) is 6.23. The Morgan fingerprint density at radius 1 is 1.00 bits per heavy atom. The summed E-state index contributed by atoms with van der Waals surface area (Å²) in [7, 11) is 4.86. The number of carbonyl (C=O) groups excluding carboxylic acids is 1. The number of hydrogen-bond acceptors (Lipinski definition) is 7. The number of hydrogen-bond donors (Lipinski definition) is 0. The second kappa shape index (κ2) is 9.35. The zero-order valence-electron chi connectivity index (χ0n) is 20.2. The number of ether oxygens (including phenoxy) is 5. The van der Waals surface area contributed by atoms with E-state index in [-0.39, 0.29) is 5.78 Å². The number of aryl methyl sites for hydroxylation is 1. The molecule has 35 heavy (non-hydrogen) atoms. The standard InChI is InChI=1S/C28H27NO6/c1-17-10-23-21(15-29(16-34-23)14-19-8-9-22(32-3)24(13-19)33-4)28-26(17)27(30)25(35-28)12-18-6-5-7-20(11-18)31-2/h5-13H,14-16H2,1-4H3/b25-12-. The van der Waals surface area contributed by atoms with Gasteiger partial charge in [-0.05, 0) is 60.0 Å². The fourth-order valence-corrected chi connectivity index (χ4v) is 4.50. The van der Waals surface area contributed by atoms with Crippen LogP contribution in [0.25, 0.3) is 6.08 Å². The Labute approximate surface area is 204 Å². The van der Waals surface area contributed by atoms with E-state index < -0.39 is 0 Å². The topological polar surface area (TPSA) is 66.5 Å². The summed E-state index contributed by atoms with van der Waals surface area (Å²) in [5.41, 5.74) is 4.20. The lowest BCUT2D eigenvalue weighted by molar-refractivity contribution is 0.0871. The van der Waals surface area contributed by atoms with Crippen LogP contribution in [0.5, 0.6) is 28.7 Å². The molecule has 0 aliphatic carbocycles. The second-order valence-corrected chi connectivity index (χ2v) is 8.54. The fraction of sp³-hybridized carbons (Fsp3) is 0.250. The van der Waals surface area contributed by atoms with E-state index in [1.165, 1.54) is 0 Å². The first-order valence-corrected chi connectivity index (χ1v) is 11.3. The Morgan fingerprint density at radius 2 is 1.83 bits per heavy atom. The molecule has 0 saturated carbocycles. The molecule has 0 aromatic heterocycles. The van der Waals surface area contributed by atoms with Gasteiger partial charge in [0.05, 0.1) is 32.5 Å². The van der Waals surface area contributed by atoms with Gasteiger partial charge in [0.2, 0.25) is 5.78 Å². The molecule has 2 heterocycles. The Hall–Kier alpha value is -3.97. The van der Waals surface area contributed by atoms with Crippen molar-refractivity contribution in [1.29, 1.82) is 0 Å². The van der Waals surface area contributed by atoms with Crippen molar-refractivity contribution in [2.24, 2.45) is 0 Å². The van der Waals surface area contributed by atoms with Gasteiger partial charge < -0.3 is 23.7 Å². The highest BCUT2D eigenvalue weighted by Crippen LogP contribution is 2.44. The largest absolute Gasteiger partial charge is 0.497 e. The molecule has 0 fully saturated rings. The van der Waals surface area contributed by atoms with E-state index in [1.807, 2.05) is 55.5 Å². The normalized spacial score (nSPS) is 15.8. The maximum absolute atomic E-state index is 13.3. The molecule has 0 N–H and O–H groups in total. The maximum atomic E-state index is 13.3. The zero-order chi connectivity index (χ0) is 24.5. The average molecular weight is 474 g/mol. The number of ketones is 1. The van der Waals surface area contributed by atoms with E-state index in [2.05, 4.69) is 4.90 Å². The Bertz CT molecular complexity index is 1330. The van der Waals surface area contributed by atoms with Crippen LogP contribution < -0.4 is 23.7 Å². The van der Waals surface area contributed by atoms with Crippen LogP contribution >= 0.6 is 0 Å². The summed E-state index contributed by atoms with van der Waals surface area (Å²) in [5, 5.41) is 0. The molecule has 0 unspecified atom stereocenters. The molecule has 0 spiro atoms. The number of methoxy groups -OCH3 is 3. The van der Waals surface area contributed by atoms with E-state index in [0.717, 1.165) is 33.8 Å². The molecule has 0 radical (unpaired) electrons. The first-order valence-electron chi connectivity index (χ1n) is 11.3. The van der Waals surface area contributed by atoms with Gasteiger partial charge in [-0.2, -0.15) is 0 Å². The molecule has 2 aliphatic heterocycles. The van der Waals surface area contributed by atoms with Crippen molar-refractivity contribution >= 4 is 11.9 Å². The molecule has 5 rings (SSSR count). The highest BCUT2D eigenvalue weighted by Gasteiger charge is 2.35. The summed E-state index contributed by atoms with van der Waals surface area (Å²) >= 11 is 0. The van der Waals surface area contributed by atoms with E-state index in [1.54, 1.807) is 27.4 Å². The lowest BCUT2D eigenvalue weighted by Gasteiger charge is -2.30. The number of nitrogens with zero attached hydrogens (tertiary/aromatic N) is 1. The number of Topliss-reactive ketones (excluding diaryl/α,β-unsaturated/α-hetero) is 1. The monoisotopic (exact) mass is 473 g/mol. The Kier molecular flexibility index (Phi) is 6.09. The van der Waals surface area contributed by atoms with Crippen LogP contribution in [0, 0.1) is 6.92 Å². The summed E-state index contributed by atoms with van der Waals surface area (Å²) in [6, 6.07) is 15.3. The van der Waals surface area contributed by atoms with Gasteiger partial charge in [0, 0.05) is 13.1 Å². The Balaban J connectivity index is 1.43. The molecule has 2 aliphatic rings. The number of benzene rings is 3. The van der Waals surface area contributed by atoms with Crippen molar-refractivity contribution in [1.82, 2.24) is 4.90 Å². The SMILES string of the molecule is COc1cccc(/C=C2\Oc3c4c(cc(C)c3C2=O)OCN(Cc2ccc(OC)c(OC)c2)C4)c1. The minimum Gasteiger partial charge on any atom is -0.497 e. The molecule has 180 valence electrons. The number of fused-ring (bicyclic) bond motifs is 3. The maximum Gasteiger partial charge on any atom is 0.232 e. The molecule has 3 aromatic carbocycles. The van der Waals surface area contributed by atoms with E-state index >= 15 is 0 Å². The van der Waals surface area contributed by atoms with Crippen LogP contribution in [0.15, 0.2) is 54.3 Å². The van der Waals surface area contributed by atoms with Gasteiger partial charge >= 0.3 is 0 Å². The van der Waals surface area contributed by atoms with Gasteiger partial charge in [0.15, 0.2) is 17.3 Å². The average Bonchev–Trinajstić information content (AvgIpc) is 3.21. The van der Waals surface area contributed by atoms with Crippen LogP contribution in [-0.4, -0.2) is 38.7 Å². The lowest BCUT2D eigenvalue weighted by Crippen LogP contribution is -2.31. The van der Waals surface area contributed by atoms with Gasteiger partial charge in [-0.3, -0.25) is 9.69 Å². The molecule has 7 nitrogen and oxygen atoms in total. The number of carbonyl (C=O) groups is 1. The van der Waals surface area contributed by atoms with Crippen molar-refractivity contribution in [3.05, 3.63) is 82.1 Å². The molecule has 0 amide bonds. The molecule has 0 saturated heterocycles. The molecular weight excluding hydrogens is 446 g/mol. The Morgan fingerprint density at radius 3 is 2.60 bits per heavy atom. The van der Waals surface area contributed by atoms with Gasteiger partial charge in [-0.15, -0.1) is 0 Å². The summed E-state index contributed by atoms with van der Waals surface area (Å²) in [6.45, 7) is 3.57. The molecule has 0 atom stereocenters. The van der Waals surface area contributed by atoms with Crippen LogP contribution in [0.4, 0.5) is 0 Å². The highest BCUT2D eigenvalue weighted by molar-refractivity contribution is 6.15. The van der Waals surface area contributed by atoms with Crippen LogP contribution in [0.2, 0.25) is 0 Å². The van der Waals surface area contributed by atoms with Gasteiger partial charge in [0.1, 0.15) is 24.0 Å². The number of allylic oxidation sites excluding steroid dienone is 1. The predicted molar refractivity (Wildman–Crippen MR) is 131 cm³/mol. The lowest BCUT2D eigenvalue weighted by atomic mass is 9.98. The van der Waals surface area contributed by atoms with E-state index in [0.29, 0.717) is 48.4 Å². The zero-order valence-corrected chi connectivity index (χ0v) is 20.2. The first kappa shape index (κ1) is 22.8. The van der Waals surface area contributed by atoms with Crippen molar-refractivity contribution in [2.45, 2.75) is 20.0 Å². The summed E-state index contributed by atoms with van der Waals surface area (Å²) < 4.78 is 28.3. The number of rotatable bonds is 6. The van der Waals surface area contributed by atoms with Crippen molar-refractivity contribution in [3.8, 4) is 28.7 Å².